The Morgan fingerprint density at radius 1 is 1.35 bits per heavy atom. The van der Waals surface area contributed by atoms with E-state index in [4.69, 9.17) is 0 Å². The van der Waals surface area contributed by atoms with Crippen LogP contribution >= 0.6 is 0 Å². The molecule has 0 heterocycles. The van der Waals surface area contributed by atoms with E-state index in [-0.39, 0.29) is 22.0 Å². The zero-order valence-electron chi connectivity index (χ0n) is 11.8. The van der Waals surface area contributed by atoms with E-state index in [0.717, 1.165) is 19.4 Å². The maximum absolute atomic E-state index is 12.5. The monoisotopic (exact) mass is 261 g/mol. The zero-order chi connectivity index (χ0) is 13.3. The molecular formula is C13H27NO2S. The van der Waals surface area contributed by atoms with E-state index in [1.165, 1.54) is 0 Å². The van der Waals surface area contributed by atoms with E-state index < -0.39 is 9.84 Å². The third-order valence-corrected chi connectivity index (χ3v) is 7.08. The van der Waals surface area contributed by atoms with Gasteiger partial charge in [0.05, 0.1) is 10.5 Å². The third-order valence-electron chi connectivity index (χ3n) is 4.27. The van der Waals surface area contributed by atoms with Gasteiger partial charge in [-0.05, 0) is 38.1 Å². The minimum atomic E-state index is -2.99. The minimum Gasteiger partial charge on any atom is -0.312 e. The normalized spacial score (nSPS) is 30.4. The highest BCUT2D eigenvalue weighted by atomic mass is 32.2. The molecule has 3 nitrogen and oxygen atoms in total. The van der Waals surface area contributed by atoms with Gasteiger partial charge in [-0.2, -0.15) is 0 Å². The summed E-state index contributed by atoms with van der Waals surface area (Å²) in [5.74, 6) is 0. The van der Waals surface area contributed by atoms with Crippen molar-refractivity contribution in [3.8, 4) is 0 Å². The summed E-state index contributed by atoms with van der Waals surface area (Å²) in [6, 6.07) is 0.103. The molecule has 0 aromatic heterocycles. The molecule has 1 saturated carbocycles. The van der Waals surface area contributed by atoms with Gasteiger partial charge in [-0.1, -0.05) is 27.7 Å². The molecule has 0 aliphatic heterocycles. The molecule has 0 aromatic rings. The van der Waals surface area contributed by atoms with Crippen LogP contribution in [0.5, 0.6) is 0 Å². The molecule has 1 fully saturated rings. The van der Waals surface area contributed by atoms with Crippen LogP contribution in [-0.4, -0.2) is 31.5 Å². The Labute approximate surface area is 106 Å². The Balaban J connectivity index is 2.98. The van der Waals surface area contributed by atoms with Gasteiger partial charge >= 0.3 is 0 Å². The Morgan fingerprint density at radius 3 is 2.41 bits per heavy atom. The average Bonchev–Trinajstić information content (AvgIpc) is 2.55. The molecule has 1 N–H and O–H groups in total. The van der Waals surface area contributed by atoms with Crippen molar-refractivity contribution in [2.24, 2.45) is 5.41 Å². The van der Waals surface area contributed by atoms with Crippen LogP contribution in [0.25, 0.3) is 0 Å². The summed E-state index contributed by atoms with van der Waals surface area (Å²) in [5, 5.41) is 2.97. The molecule has 0 amide bonds. The number of rotatable bonds is 5. The number of nitrogens with one attached hydrogen (secondary N) is 1. The Bertz CT molecular complexity index is 348. The minimum absolute atomic E-state index is 0.0845. The maximum Gasteiger partial charge on any atom is 0.157 e. The Kier molecular flexibility index (Phi) is 4.64. The van der Waals surface area contributed by atoms with Gasteiger partial charge in [0.1, 0.15) is 0 Å². The van der Waals surface area contributed by atoms with Crippen molar-refractivity contribution < 1.29 is 8.42 Å². The zero-order valence-corrected chi connectivity index (χ0v) is 12.6. The summed E-state index contributed by atoms with van der Waals surface area (Å²) in [6.45, 7) is 11.0. The lowest BCUT2D eigenvalue weighted by molar-refractivity contribution is 0.288. The molecule has 0 bridgehead atoms. The van der Waals surface area contributed by atoms with Gasteiger partial charge in [-0.3, -0.25) is 0 Å². The fraction of sp³-hybridized carbons (Fsp3) is 1.00. The van der Waals surface area contributed by atoms with Gasteiger partial charge in [0.2, 0.25) is 0 Å². The van der Waals surface area contributed by atoms with Crippen molar-refractivity contribution >= 4 is 9.84 Å². The first-order valence-electron chi connectivity index (χ1n) is 6.73. The first-order chi connectivity index (χ1) is 7.77. The van der Waals surface area contributed by atoms with E-state index >= 15 is 0 Å². The van der Waals surface area contributed by atoms with Gasteiger partial charge in [0, 0.05) is 6.04 Å². The van der Waals surface area contributed by atoms with E-state index in [1.807, 2.05) is 20.8 Å². The standard InChI is InChI=1S/C13H27NO2S/c1-6-10(3)17(15,16)11-8-9-13(4,5)12(11)14-7-2/h10-12,14H,6-9H2,1-5H3. The van der Waals surface area contributed by atoms with Crippen molar-refractivity contribution in [2.75, 3.05) is 6.54 Å². The lowest BCUT2D eigenvalue weighted by atomic mass is 9.87. The van der Waals surface area contributed by atoms with Gasteiger partial charge in [0.25, 0.3) is 0 Å². The van der Waals surface area contributed by atoms with Crippen LogP contribution in [0, 0.1) is 5.41 Å². The smallest absolute Gasteiger partial charge is 0.157 e. The second kappa shape index (κ2) is 5.27. The number of sulfone groups is 1. The molecular weight excluding hydrogens is 234 g/mol. The highest BCUT2D eigenvalue weighted by Crippen LogP contribution is 2.41. The topological polar surface area (TPSA) is 46.2 Å². The van der Waals surface area contributed by atoms with Crippen molar-refractivity contribution in [3.05, 3.63) is 0 Å². The Hall–Kier alpha value is -0.0900. The number of hydrogen-bond donors (Lipinski definition) is 1. The van der Waals surface area contributed by atoms with Crippen LogP contribution < -0.4 is 5.32 Å². The second-order valence-corrected chi connectivity index (χ2v) is 8.50. The van der Waals surface area contributed by atoms with Crippen LogP contribution in [0.2, 0.25) is 0 Å². The quantitative estimate of drug-likeness (QED) is 0.826. The molecule has 0 saturated heterocycles. The molecule has 4 heteroatoms. The second-order valence-electron chi connectivity index (χ2n) is 5.91. The summed E-state index contributed by atoms with van der Waals surface area (Å²) in [4.78, 5) is 0. The van der Waals surface area contributed by atoms with E-state index in [1.54, 1.807) is 0 Å². The molecule has 3 atom stereocenters. The molecule has 17 heavy (non-hydrogen) atoms. The van der Waals surface area contributed by atoms with Crippen LogP contribution in [0.4, 0.5) is 0 Å². The van der Waals surface area contributed by atoms with Crippen molar-refractivity contribution in [1.82, 2.24) is 5.32 Å². The molecule has 1 aliphatic carbocycles. The highest BCUT2D eigenvalue weighted by Gasteiger charge is 2.48. The largest absolute Gasteiger partial charge is 0.312 e. The van der Waals surface area contributed by atoms with Gasteiger partial charge in [0.15, 0.2) is 9.84 Å². The molecule has 0 spiro atoms. The molecule has 102 valence electrons. The predicted octanol–water partition coefficient (Wildman–Crippen LogP) is 2.37. The van der Waals surface area contributed by atoms with E-state index in [9.17, 15) is 8.42 Å². The average molecular weight is 261 g/mol. The molecule has 3 unspecified atom stereocenters. The Morgan fingerprint density at radius 2 is 1.94 bits per heavy atom. The van der Waals surface area contributed by atoms with Crippen LogP contribution in [0.1, 0.15) is 53.9 Å². The summed E-state index contributed by atoms with van der Waals surface area (Å²) in [5.41, 5.74) is 0.0845. The molecule has 0 aromatic carbocycles. The van der Waals surface area contributed by atoms with E-state index in [0.29, 0.717) is 6.42 Å². The van der Waals surface area contributed by atoms with Crippen LogP contribution in [0.3, 0.4) is 0 Å². The summed E-state index contributed by atoms with van der Waals surface area (Å²) in [6.07, 6.45) is 2.50. The van der Waals surface area contributed by atoms with Crippen molar-refractivity contribution in [3.63, 3.8) is 0 Å². The number of hydrogen-bond acceptors (Lipinski definition) is 3. The fourth-order valence-electron chi connectivity index (χ4n) is 2.85. The van der Waals surface area contributed by atoms with Crippen LogP contribution in [0.15, 0.2) is 0 Å². The SMILES string of the molecule is CCNC1C(S(=O)(=O)C(C)CC)CCC1(C)C. The predicted molar refractivity (Wildman–Crippen MR) is 72.9 cm³/mol. The highest BCUT2D eigenvalue weighted by molar-refractivity contribution is 7.92. The molecule has 1 rings (SSSR count). The van der Waals surface area contributed by atoms with Gasteiger partial charge in [-0.15, -0.1) is 0 Å². The summed E-state index contributed by atoms with van der Waals surface area (Å²) in [7, 11) is -2.99. The summed E-state index contributed by atoms with van der Waals surface area (Å²) >= 11 is 0. The van der Waals surface area contributed by atoms with Gasteiger partial charge in [-0.25, -0.2) is 8.42 Å². The molecule has 1 aliphatic rings. The van der Waals surface area contributed by atoms with Crippen molar-refractivity contribution in [1.29, 1.82) is 0 Å². The fourth-order valence-corrected chi connectivity index (χ4v) is 5.20. The lowest BCUT2D eigenvalue weighted by Crippen LogP contribution is -2.49. The first kappa shape index (κ1) is 15.0. The molecule has 0 radical (unpaired) electrons. The third kappa shape index (κ3) is 2.84. The maximum atomic E-state index is 12.5. The van der Waals surface area contributed by atoms with Gasteiger partial charge < -0.3 is 5.32 Å². The lowest BCUT2D eigenvalue weighted by Gasteiger charge is -2.32. The van der Waals surface area contributed by atoms with Crippen molar-refractivity contribution in [2.45, 2.75) is 70.4 Å². The van der Waals surface area contributed by atoms with Crippen LogP contribution in [-0.2, 0) is 9.84 Å². The summed E-state index contributed by atoms with van der Waals surface area (Å²) < 4.78 is 25.0. The van der Waals surface area contributed by atoms with E-state index in [2.05, 4.69) is 19.2 Å². The first-order valence-corrected chi connectivity index (χ1v) is 8.34.